The van der Waals surface area contributed by atoms with E-state index in [0.717, 1.165) is 16.7 Å². The second-order valence-electron chi connectivity index (χ2n) is 8.42. The quantitative estimate of drug-likeness (QED) is 0.144. The lowest BCUT2D eigenvalue weighted by atomic mass is 9.84. The molecule has 0 aliphatic rings. The number of furan rings is 1. The van der Waals surface area contributed by atoms with Crippen LogP contribution in [0.2, 0.25) is 0 Å². The van der Waals surface area contributed by atoms with Gasteiger partial charge in [0.05, 0.1) is 19.5 Å². The average molecular weight is 507 g/mol. The number of Topliss-reactive ketones (excluding diaryl/α,β-unsaturated/α-hetero) is 1. The van der Waals surface area contributed by atoms with Crippen LogP contribution in [0.5, 0.6) is 0 Å². The number of esters is 2. The van der Waals surface area contributed by atoms with Gasteiger partial charge < -0.3 is 18.7 Å². The van der Waals surface area contributed by atoms with Crippen LogP contribution >= 0.6 is 0 Å². The third-order valence-electron chi connectivity index (χ3n) is 5.71. The summed E-state index contributed by atoms with van der Waals surface area (Å²) >= 11 is 0. The van der Waals surface area contributed by atoms with Gasteiger partial charge in [-0.25, -0.2) is 4.79 Å². The Morgan fingerprint density at radius 3 is 1.92 bits per heavy atom. The molecule has 0 fully saturated rings. The monoisotopic (exact) mass is 506 g/mol. The highest BCUT2D eigenvalue weighted by molar-refractivity contribution is 6.10. The number of rotatable bonds is 10. The smallest absolute Gasteiger partial charge is 0.342 e. The fraction of sp³-hybridized carbons (Fsp3) is 0.333. The summed E-state index contributed by atoms with van der Waals surface area (Å²) in [7, 11) is 0. The van der Waals surface area contributed by atoms with Crippen LogP contribution in [0, 0.1) is 25.7 Å². The molecule has 7 heteroatoms. The maximum atomic E-state index is 12.5. The first-order valence-electron chi connectivity index (χ1n) is 12.3. The SMILES string of the molecule is CCOC(=O)C(C(=O)c1ccc(C)cc1)C(C=O)CC.CCOC(=O)c1ccoc1-c1ccc(C)cc1. The van der Waals surface area contributed by atoms with Gasteiger partial charge in [-0.15, -0.1) is 0 Å². The summed E-state index contributed by atoms with van der Waals surface area (Å²) in [5.41, 5.74) is 3.96. The van der Waals surface area contributed by atoms with E-state index in [1.165, 1.54) is 6.26 Å². The van der Waals surface area contributed by atoms with E-state index in [1.54, 1.807) is 51.1 Å². The van der Waals surface area contributed by atoms with Gasteiger partial charge >= 0.3 is 11.9 Å². The Kier molecular flexibility index (Phi) is 11.5. The molecule has 0 amide bonds. The fourth-order valence-corrected chi connectivity index (χ4v) is 3.62. The van der Waals surface area contributed by atoms with E-state index in [-0.39, 0.29) is 18.4 Å². The number of aldehydes is 1. The van der Waals surface area contributed by atoms with E-state index in [2.05, 4.69) is 0 Å². The van der Waals surface area contributed by atoms with Crippen LogP contribution in [0.25, 0.3) is 11.3 Å². The van der Waals surface area contributed by atoms with Crippen molar-refractivity contribution in [1.29, 1.82) is 0 Å². The standard InChI is InChI=1S/C16H20O4.C14H14O3/c1-4-12(10-17)14(16(19)20-5-2)15(18)13-8-6-11(3)7-9-13;1-3-16-14(15)12-8-9-17-13(12)11-6-4-10(2)5-7-11/h6-10,12,14H,4-5H2,1-3H3;4-9H,3H2,1-2H3. The van der Waals surface area contributed by atoms with Crippen molar-refractivity contribution in [3.05, 3.63) is 83.1 Å². The Morgan fingerprint density at radius 2 is 1.41 bits per heavy atom. The summed E-state index contributed by atoms with van der Waals surface area (Å²) in [4.78, 5) is 47.3. The molecule has 0 saturated carbocycles. The maximum Gasteiger partial charge on any atom is 0.342 e. The average Bonchev–Trinajstić information content (AvgIpc) is 3.38. The van der Waals surface area contributed by atoms with E-state index in [9.17, 15) is 19.2 Å². The molecule has 3 aromatic rings. The molecule has 2 atom stereocenters. The summed E-state index contributed by atoms with van der Waals surface area (Å²) < 4.78 is 15.3. The molecule has 37 heavy (non-hydrogen) atoms. The number of carbonyl (C=O) groups excluding carboxylic acids is 4. The lowest BCUT2D eigenvalue weighted by molar-refractivity contribution is -0.148. The number of benzene rings is 2. The zero-order valence-corrected chi connectivity index (χ0v) is 22.0. The first kappa shape index (κ1) is 29.2. The van der Waals surface area contributed by atoms with Gasteiger partial charge in [0, 0.05) is 17.0 Å². The highest BCUT2D eigenvalue weighted by atomic mass is 16.5. The maximum absolute atomic E-state index is 12.5. The highest BCUT2D eigenvalue weighted by Crippen LogP contribution is 2.26. The van der Waals surface area contributed by atoms with Crippen LogP contribution in [-0.2, 0) is 19.1 Å². The largest absolute Gasteiger partial charge is 0.465 e. The topological polar surface area (TPSA) is 99.9 Å². The molecular weight excluding hydrogens is 472 g/mol. The van der Waals surface area contributed by atoms with E-state index in [4.69, 9.17) is 13.9 Å². The van der Waals surface area contributed by atoms with Gasteiger partial charge in [0.2, 0.25) is 0 Å². The minimum Gasteiger partial charge on any atom is -0.465 e. The zero-order valence-electron chi connectivity index (χ0n) is 22.0. The molecule has 0 saturated heterocycles. The van der Waals surface area contributed by atoms with E-state index in [1.807, 2.05) is 38.1 Å². The van der Waals surface area contributed by atoms with Crippen molar-refractivity contribution >= 4 is 24.0 Å². The molecule has 0 aliphatic heterocycles. The van der Waals surface area contributed by atoms with Gasteiger partial charge in [-0.2, -0.15) is 0 Å². The van der Waals surface area contributed by atoms with Crippen molar-refractivity contribution in [2.45, 2.75) is 41.0 Å². The Morgan fingerprint density at radius 1 is 0.838 bits per heavy atom. The van der Waals surface area contributed by atoms with E-state index < -0.39 is 17.8 Å². The molecule has 2 unspecified atom stereocenters. The predicted molar refractivity (Wildman–Crippen MR) is 140 cm³/mol. The lowest BCUT2D eigenvalue weighted by Crippen LogP contribution is -2.33. The van der Waals surface area contributed by atoms with Crippen LogP contribution < -0.4 is 0 Å². The number of carbonyl (C=O) groups is 4. The number of ether oxygens (including phenoxy) is 2. The third-order valence-corrected chi connectivity index (χ3v) is 5.71. The van der Waals surface area contributed by atoms with Gasteiger partial charge in [-0.05, 0) is 40.2 Å². The molecule has 1 aromatic heterocycles. The zero-order chi connectivity index (χ0) is 27.4. The molecule has 1 heterocycles. The normalized spacial score (nSPS) is 11.9. The van der Waals surface area contributed by atoms with Gasteiger partial charge in [0.25, 0.3) is 0 Å². The molecule has 3 rings (SSSR count). The van der Waals surface area contributed by atoms with Crippen molar-refractivity contribution in [3.8, 4) is 11.3 Å². The molecule has 0 aliphatic carbocycles. The van der Waals surface area contributed by atoms with Crippen molar-refractivity contribution in [2.24, 2.45) is 11.8 Å². The number of hydrogen-bond donors (Lipinski definition) is 0. The molecule has 0 bridgehead atoms. The van der Waals surface area contributed by atoms with Crippen molar-refractivity contribution < 1.29 is 33.1 Å². The van der Waals surface area contributed by atoms with Gasteiger partial charge in [0.15, 0.2) is 5.78 Å². The van der Waals surface area contributed by atoms with Crippen LogP contribution in [0.4, 0.5) is 0 Å². The highest BCUT2D eigenvalue weighted by Gasteiger charge is 2.35. The van der Waals surface area contributed by atoms with Crippen molar-refractivity contribution in [1.82, 2.24) is 0 Å². The van der Waals surface area contributed by atoms with E-state index in [0.29, 0.717) is 36.2 Å². The Labute approximate surface area is 217 Å². The second-order valence-corrected chi connectivity index (χ2v) is 8.42. The van der Waals surface area contributed by atoms with Crippen molar-refractivity contribution in [2.75, 3.05) is 13.2 Å². The van der Waals surface area contributed by atoms with Crippen LogP contribution in [-0.4, -0.2) is 37.2 Å². The molecule has 7 nitrogen and oxygen atoms in total. The first-order chi connectivity index (χ1) is 17.8. The number of hydrogen-bond acceptors (Lipinski definition) is 7. The Hall–Kier alpha value is -4.00. The molecule has 196 valence electrons. The number of aryl methyl sites for hydroxylation is 2. The second kappa shape index (κ2) is 14.5. The molecule has 2 aromatic carbocycles. The van der Waals surface area contributed by atoms with Crippen LogP contribution in [0.15, 0.2) is 65.3 Å². The van der Waals surface area contributed by atoms with E-state index >= 15 is 0 Å². The minimum atomic E-state index is -1.06. The molecule has 0 radical (unpaired) electrons. The minimum absolute atomic E-state index is 0.186. The summed E-state index contributed by atoms with van der Waals surface area (Å²) in [6, 6.07) is 16.4. The summed E-state index contributed by atoms with van der Waals surface area (Å²) in [6.07, 6.45) is 2.58. The number of ketones is 1. The first-order valence-corrected chi connectivity index (χ1v) is 12.3. The Bertz CT molecular complexity index is 1170. The summed E-state index contributed by atoms with van der Waals surface area (Å²) in [5, 5.41) is 0. The summed E-state index contributed by atoms with van der Waals surface area (Å²) in [5.74, 6) is -2.48. The van der Waals surface area contributed by atoms with Gasteiger partial charge in [0.1, 0.15) is 23.5 Å². The predicted octanol–water partition coefficient (Wildman–Crippen LogP) is 6.01. The molecule has 0 N–H and O–H groups in total. The Balaban J connectivity index is 0.000000263. The van der Waals surface area contributed by atoms with Gasteiger partial charge in [-0.1, -0.05) is 66.6 Å². The van der Waals surface area contributed by atoms with Crippen LogP contribution in [0.1, 0.15) is 59.0 Å². The fourth-order valence-electron chi connectivity index (χ4n) is 3.62. The molecule has 0 spiro atoms. The molecular formula is C30H34O7. The van der Waals surface area contributed by atoms with Crippen molar-refractivity contribution in [3.63, 3.8) is 0 Å². The third kappa shape index (κ3) is 8.00. The lowest BCUT2D eigenvalue weighted by Gasteiger charge is -2.19. The summed E-state index contributed by atoms with van der Waals surface area (Å²) in [6.45, 7) is 9.70. The van der Waals surface area contributed by atoms with Crippen LogP contribution in [0.3, 0.4) is 0 Å². The van der Waals surface area contributed by atoms with Gasteiger partial charge in [-0.3, -0.25) is 9.59 Å².